The zero-order valence-electron chi connectivity index (χ0n) is 7.46. The Hall–Kier alpha value is -0.540. The number of aromatic hydroxyl groups is 1. The number of ketones is 1. The van der Waals surface area contributed by atoms with Crippen LogP contribution in [0.25, 0.3) is 0 Å². The van der Waals surface area contributed by atoms with Crippen LogP contribution < -0.4 is 0 Å². The summed E-state index contributed by atoms with van der Waals surface area (Å²) in [7, 11) is 0. The molecule has 0 fully saturated rings. The molecule has 14 heavy (non-hydrogen) atoms. The topological polar surface area (TPSA) is 37.3 Å². The summed E-state index contributed by atoms with van der Waals surface area (Å²) in [5.74, 6) is 0.226. The summed E-state index contributed by atoms with van der Waals surface area (Å²) in [5, 5.41) is 9.85. The number of hydrogen-bond acceptors (Lipinski definition) is 2. The van der Waals surface area contributed by atoms with E-state index < -0.39 is 0 Å². The Morgan fingerprint density at radius 2 is 2.14 bits per heavy atom. The van der Waals surface area contributed by atoms with Gasteiger partial charge in [0.25, 0.3) is 0 Å². The van der Waals surface area contributed by atoms with E-state index in [-0.39, 0.29) is 17.4 Å². The largest absolute Gasteiger partial charge is 0.508 e. The molecule has 0 spiro atoms. The van der Waals surface area contributed by atoms with Crippen molar-refractivity contribution < 1.29 is 9.90 Å². The fourth-order valence-electron chi connectivity index (χ4n) is 1.17. The standard InChI is InChI=1S/C10H10BrClO2/c11-5-8-4-9(13)2-1-7(8)3-10(14)6-12/h1-2,4,13H,3,5-6H2. The summed E-state index contributed by atoms with van der Waals surface area (Å²) in [5.41, 5.74) is 1.83. The molecule has 0 radical (unpaired) electrons. The first-order valence-electron chi connectivity index (χ1n) is 4.11. The minimum atomic E-state index is -0.0143. The Balaban J connectivity index is 2.90. The second-order valence-corrected chi connectivity index (χ2v) is 3.76. The molecule has 0 amide bonds. The van der Waals surface area contributed by atoms with Crippen LogP contribution in [0.2, 0.25) is 0 Å². The van der Waals surface area contributed by atoms with Crippen LogP contribution in [-0.2, 0) is 16.5 Å². The van der Waals surface area contributed by atoms with Gasteiger partial charge in [-0.05, 0) is 23.3 Å². The van der Waals surface area contributed by atoms with Crippen LogP contribution in [0.5, 0.6) is 5.75 Å². The molecule has 1 rings (SSSR count). The van der Waals surface area contributed by atoms with Crippen molar-refractivity contribution in [3.05, 3.63) is 29.3 Å². The van der Waals surface area contributed by atoms with Crippen LogP contribution in [0, 0.1) is 0 Å². The van der Waals surface area contributed by atoms with E-state index in [0.29, 0.717) is 11.8 Å². The summed E-state index contributed by atoms with van der Waals surface area (Å²) >= 11 is 8.72. The molecule has 0 aliphatic heterocycles. The zero-order valence-corrected chi connectivity index (χ0v) is 9.81. The van der Waals surface area contributed by atoms with Gasteiger partial charge in [-0.25, -0.2) is 0 Å². The number of halogens is 2. The summed E-state index contributed by atoms with van der Waals surface area (Å²) < 4.78 is 0. The van der Waals surface area contributed by atoms with Crippen molar-refractivity contribution in [1.82, 2.24) is 0 Å². The predicted octanol–water partition coefficient (Wildman–Crippen LogP) is 2.64. The predicted molar refractivity (Wildman–Crippen MR) is 60.2 cm³/mol. The number of hydrogen-bond donors (Lipinski definition) is 1. The molecule has 0 heterocycles. The molecular weight excluding hydrogens is 267 g/mol. The maximum atomic E-state index is 11.1. The number of alkyl halides is 2. The summed E-state index contributed by atoms with van der Waals surface area (Å²) in [4.78, 5) is 11.1. The molecule has 0 aliphatic rings. The molecule has 0 saturated carbocycles. The lowest BCUT2D eigenvalue weighted by Gasteiger charge is -2.05. The minimum absolute atomic E-state index is 0.0143. The van der Waals surface area contributed by atoms with Gasteiger partial charge in [0, 0.05) is 11.8 Å². The molecule has 0 atom stereocenters. The molecule has 76 valence electrons. The first-order chi connectivity index (χ1) is 6.67. The summed E-state index contributed by atoms with van der Waals surface area (Å²) in [6.45, 7) is 0. The van der Waals surface area contributed by atoms with Crippen molar-refractivity contribution in [1.29, 1.82) is 0 Å². The van der Waals surface area contributed by atoms with Gasteiger partial charge in [-0.15, -0.1) is 11.6 Å². The van der Waals surface area contributed by atoms with Crippen molar-refractivity contribution in [2.24, 2.45) is 0 Å². The Morgan fingerprint density at radius 3 is 2.71 bits per heavy atom. The third-order valence-electron chi connectivity index (χ3n) is 1.87. The molecule has 1 aromatic rings. The van der Waals surface area contributed by atoms with Crippen LogP contribution in [0.1, 0.15) is 11.1 Å². The van der Waals surface area contributed by atoms with E-state index in [4.69, 9.17) is 11.6 Å². The lowest BCUT2D eigenvalue weighted by molar-refractivity contribution is -0.116. The highest BCUT2D eigenvalue weighted by Crippen LogP contribution is 2.19. The third kappa shape index (κ3) is 3.00. The van der Waals surface area contributed by atoms with E-state index in [2.05, 4.69) is 15.9 Å². The number of phenolic OH excluding ortho intramolecular Hbond substituents is 1. The van der Waals surface area contributed by atoms with Gasteiger partial charge in [-0.1, -0.05) is 22.0 Å². The number of Topliss-reactive ketones (excluding diaryl/α,β-unsaturated/α-hetero) is 1. The van der Waals surface area contributed by atoms with Gasteiger partial charge in [0.1, 0.15) is 5.75 Å². The van der Waals surface area contributed by atoms with Crippen molar-refractivity contribution in [3.8, 4) is 5.75 Å². The maximum absolute atomic E-state index is 11.1. The molecular formula is C10H10BrClO2. The highest BCUT2D eigenvalue weighted by atomic mass is 79.9. The third-order valence-corrected chi connectivity index (χ3v) is 2.77. The van der Waals surface area contributed by atoms with Crippen molar-refractivity contribution >= 4 is 33.3 Å². The van der Waals surface area contributed by atoms with Gasteiger partial charge in [0.05, 0.1) is 5.88 Å². The molecule has 2 nitrogen and oxygen atoms in total. The van der Waals surface area contributed by atoms with Gasteiger partial charge in [0.15, 0.2) is 5.78 Å². The molecule has 1 N–H and O–H groups in total. The van der Waals surface area contributed by atoms with E-state index in [9.17, 15) is 9.90 Å². The Labute approximate surface area is 96.0 Å². The number of rotatable bonds is 4. The lowest BCUT2D eigenvalue weighted by atomic mass is 10.0. The first-order valence-corrected chi connectivity index (χ1v) is 5.77. The molecule has 0 aromatic heterocycles. The normalized spacial score (nSPS) is 10.1. The Bertz CT molecular complexity index is 339. The maximum Gasteiger partial charge on any atom is 0.151 e. The monoisotopic (exact) mass is 276 g/mol. The van der Waals surface area contributed by atoms with Crippen LogP contribution >= 0.6 is 27.5 Å². The van der Waals surface area contributed by atoms with Crippen LogP contribution in [0.4, 0.5) is 0 Å². The van der Waals surface area contributed by atoms with E-state index >= 15 is 0 Å². The van der Waals surface area contributed by atoms with E-state index in [1.54, 1.807) is 18.2 Å². The van der Waals surface area contributed by atoms with E-state index in [1.165, 1.54) is 0 Å². The van der Waals surface area contributed by atoms with Gasteiger partial charge >= 0.3 is 0 Å². The minimum Gasteiger partial charge on any atom is -0.508 e. The van der Waals surface area contributed by atoms with Crippen LogP contribution in [0.3, 0.4) is 0 Å². The van der Waals surface area contributed by atoms with Gasteiger partial charge in [-0.3, -0.25) is 4.79 Å². The van der Waals surface area contributed by atoms with Crippen LogP contribution in [0.15, 0.2) is 18.2 Å². The van der Waals surface area contributed by atoms with E-state index in [1.807, 2.05) is 0 Å². The fourth-order valence-corrected chi connectivity index (χ4v) is 1.79. The lowest BCUT2D eigenvalue weighted by Crippen LogP contribution is -2.05. The quantitative estimate of drug-likeness (QED) is 0.859. The highest BCUT2D eigenvalue weighted by molar-refractivity contribution is 9.08. The number of phenols is 1. The number of carbonyl (C=O) groups excluding carboxylic acids is 1. The second-order valence-electron chi connectivity index (χ2n) is 2.94. The molecule has 0 aliphatic carbocycles. The van der Waals surface area contributed by atoms with Crippen molar-refractivity contribution in [3.63, 3.8) is 0 Å². The molecule has 0 saturated heterocycles. The smallest absolute Gasteiger partial charge is 0.151 e. The SMILES string of the molecule is O=C(CCl)Cc1ccc(O)cc1CBr. The molecule has 0 bridgehead atoms. The summed E-state index contributed by atoms with van der Waals surface area (Å²) in [6.07, 6.45) is 0.324. The van der Waals surface area contributed by atoms with Gasteiger partial charge in [0.2, 0.25) is 0 Å². The fraction of sp³-hybridized carbons (Fsp3) is 0.300. The highest BCUT2D eigenvalue weighted by Gasteiger charge is 2.07. The average molecular weight is 278 g/mol. The first kappa shape index (κ1) is 11.5. The van der Waals surface area contributed by atoms with Crippen LogP contribution in [-0.4, -0.2) is 16.8 Å². The average Bonchev–Trinajstić information content (AvgIpc) is 2.20. The molecule has 0 unspecified atom stereocenters. The Kier molecular flexibility index (Phi) is 4.42. The van der Waals surface area contributed by atoms with Crippen molar-refractivity contribution in [2.75, 3.05) is 5.88 Å². The summed E-state index contributed by atoms with van der Waals surface area (Å²) in [6, 6.07) is 4.96. The number of benzene rings is 1. The number of carbonyl (C=O) groups is 1. The molecule has 4 heteroatoms. The zero-order chi connectivity index (χ0) is 10.6. The van der Waals surface area contributed by atoms with E-state index in [0.717, 1.165) is 11.1 Å². The van der Waals surface area contributed by atoms with Gasteiger partial charge < -0.3 is 5.11 Å². The Morgan fingerprint density at radius 1 is 1.43 bits per heavy atom. The van der Waals surface area contributed by atoms with Crippen molar-refractivity contribution in [2.45, 2.75) is 11.8 Å². The van der Waals surface area contributed by atoms with Gasteiger partial charge in [-0.2, -0.15) is 0 Å². The molecule has 1 aromatic carbocycles. The second kappa shape index (κ2) is 5.37.